The minimum Gasteiger partial charge on any atom is -0.623 e. The molecular formula is C3H12Al4O3. The molecule has 0 aliphatic carbocycles. The number of hydrogen-bond donors (Lipinski definition) is 0. The maximum atomic E-state index is 5.52. The summed E-state index contributed by atoms with van der Waals surface area (Å²) in [5, 5.41) is 1.21. The van der Waals surface area contributed by atoms with Crippen LogP contribution in [0.5, 0.6) is 0 Å². The molecule has 7 heteroatoms. The van der Waals surface area contributed by atoms with Crippen LogP contribution in [0.2, 0.25) is 11.1 Å². The largest absolute Gasteiger partial charge is 0.623 e. The first-order valence-electron chi connectivity index (χ1n) is 3.49. The summed E-state index contributed by atoms with van der Waals surface area (Å²) in [6, 6.07) is 0. The van der Waals surface area contributed by atoms with Gasteiger partial charge in [0.15, 0.2) is 0 Å². The highest BCUT2D eigenvalue weighted by Crippen LogP contribution is 1.89. The monoisotopic (exact) mass is 204 g/mol. The predicted molar refractivity (Wildman–Crippen MR) is 48.2 cm³/mol. The van der Waals surface area contributed by atoms with Crippen LogP contribution in [0.1, 0.15) is 6.92 Å². The summed E-state index contributed by atoms with van der Waals surface area (Å²) < 4.78 is 15.8. The van der Waals surface area contributed by atoms with Crippen molar-refractivity contribution < 1.29 is 8.52 Å². The normalized spacial score (nSPS) is 9.00. The minimum atomic E-state index is -0.809. The average molecular weight is 204 g/mol. The van der Waals surface area contributed by atoms with E-state index in [-0.39, 0.29) is 0 Å². The third-order valence-corrected chi connectivity index (χ3v) is 7.46. The summed E-state index contributed by atoms with van der Waals surface area (Å²) in [4.78, 5) is 0. The molecule has 0 saturated carbocycles. The van der Waals surface area contributed by atoms with Crippen molar-refractivity contribution in [3.05, 3.63) is 0 Å². The summed E-state index contributed by atoms with van der Waals surface area (Å²) in [6.45, 7) is 2.17. The maximum Gasteiger partial charge on any atom is 0.589 e. The average Bonchev–Trinajstić information content (AvgIpc) is 1.98. The first kappa shape index (κ1) is 12.0. The van der Waals surface area contributed by atoms with Gasteiger partial charge in [-0.25, -0.2) is 0 Å². The Balaban J connectivity index is 2.89. The van der Waals surface area contributed by atoms with Gasteiger partial charge in [0, 0.05) is 0 Å². The molecule has 0 aliphatic heterocycles. The Hall–Kier alpha value is 2.01. The summed E-state index contributed by atoms with van der Waals surface area (Å²) in [7, 11) is 0. The van der Waals surface area contributed by atoms with Crippen molar-refractivity contribution in [2.45, 2.75) is 18.0 Å². The van der Waals surface area contributed by atoms with Crippen LogP contribution >= 0.6 is 0 Å². The van der Waals surface area contributed by atoms with E-state index in [1.807, 2.05) is 0 Å². The summed E-state index contributed by atoms with van der Waals surface area (Å²) in [6.07, 6.45) is 0. The lowest BCUT2D eigenvalue weighted by Crippen LogP contribution is -2.19. The van der Waals surface area contributed by atoms with Crippen molar-refractivity contribution in [2.24, 2.45) is 0 Å². The zero-order chi connectivity index (χ0) is 7.82. The molecule has 0 atom stereocenters. The van der Waals surface area contributed by atoms with E-state index >= 15 is 0 Å². The highest BCUT2D eigenvalue weighted by atomic mass is 27.3. The molecule has 0 spiro atoms. The number of rotatable bonds is 6. The molecule has 0 aliphatic rings. The van der Waals surface area contributed by atoms with Crippen molar-refractivity contribution >= 4 is 62.9 Å². The third kappa shape index (κ3) is 8.11. The van der Waals surface area contributed by atoms with Gasteiger partial charge in [-0.3, -0.25) is 0 Å². The molecule has 0 amide bonds. The zero-order valence-electron chi connectivity index (χ0n) is 6.92. The van der Waals surface area contributed by atoms with E-state index in [1.165, 1.54) is 5.28 Å². The second-order valence-corrected chi connectivity index (χ2v) is 10.3. The van der Waals surface area contributed by atoms with Gasteiger partial charge >= 0.3 is 62.9 Å². The quantitative estimate of drug-likeness (QED) is 0.400. The van der Waals surface area contributed by atoms with E-state index in [9.17, 15) is 0 Å². The molecule has 0 saturated heterocycles. The number of hydrogen-bond acceptors (Lipinski definition) is 3. The minimum absolute atomic E-state index is 0.608. The lowest BCUT2D eigenvalue weighted by atomic mass is 11.0. The summed E-state index contributed by atoms with van der Waals surface area (Å²) >= 11 is -1.24. The molecule has 0 rings (SSSR count). The molecule has 0 radical (unpaired) electrons. The first-order valence-corrected chi connectivity index (χ1v) is 9.06. The molecule has 0 aromatic heterocycles. The molecule has 0 aromatic carbocycles. The Morgan fingerprint density at radius 1 is 1.50 bits per heavy atom. The van der Waals surface area contributed by atoms with E-state index < -0.39 is 46.3 Å². The van der Waals surface area contributed by atoms with Crippen LogP contribution in [0.4, 0.5) is 0 Å². The van der Waals surface area contributed by atoms with Crippen molar-refractivity contribution in [1.29, 1.82) is 0 Å². The Morgan fingerprint density at radius 3 is 2.70 bits per heavy atom. The van der Waals surface area contributed by atoms with Crippen molar-refractivity contribution in [2.75, 3.05) is 0 Å². The molecule has 54 valence electrons. The van der Waals surface area contributed by atoms with Gasteiger partial charge < -0.3 is 8.52 Å². The SMILES string of the molecule is C[CH2][Al]([CH3])[O][AlH][O][AlH][O][AlH2]. The van der Waals surface area contributed by atoms with Crippen LogP contribution in [-0.4, -0.2) is 62.9 Å². The second kappa shape index (κ2) is 9.10. The Morgan fingerprint density at radius 2 is 2.20 bits per heavy atom. The smallest absolute Gasteiger partial charge is 0.589 e. The topological polar surface area (TPSA) is 27.7 Å². The van der Waals surface area contributed by atoms with E-state index in [0.29, 0.717) is 0 Å². The highest BCUT2D eigenvalue weighted by molar-refractivity contribution is 6.57. The van der Waals surface area contributed by atoms with Gasteiger partial charge in [0.25, 0.3) is 0 Å². The third-order valence-electron chi connectivity index (χ3n) is 1.21. The van der Waals surface area contributed by atoms with E-state index in [0.717, 1.165) is 16.6 Å². The van der Waals surface area contributed by atoms with Crippen molar-refractivity contribution in [1.82, 2.24) is 0 Å². The van der Waals surface area contributed by atoms with Gasteiger partial charge in [0.1, 0.15) is 0 Å². The van der Waals surface area contributed by atoms with Gasteiger partial charge in [-0.2, -0.15) is 0 Å². The van der Waals surface area contributed by atoms with Crippen LogP contribution < -0.4 is 0 Å². The molecule has 0 aromatic rings. The first-order chi connectivity index (χ1) is 4.81. The molecule has 0 bridgehead atoms. The fourth-order valence-corrected chi connectivity index (χ4v) is 5.96. The van der Waals surface area contributed by atoms with Crippen LogP contribution in [0.15, 0.2) is 0 Å². The molecule has 0 fully saturated rings. The lowest BCUT2D eigenvalue weighted by molar-refractivity contribution is 0.433. The summed E-state index contributed by atoms with van der Waals surface area (Å²) in [5.41, 5.74) is 0. The van der Waals surface area contributed by atoms with Gasteiger partial charge in [-0.05, 0) is 0 Å². The molecule has 0 N–H and O–H groups in total. The molecule has 0 unspecified atom stereocenters. The predicted octanol–water partition coefficient (Wildman–Crippen LogP) is -1.24. The molecular weight excluding hydrogens is 192 g/mol. The van der Waals surface area contributed by atoms with Crippen LogP contribution in [0.3, 0.4) is 0 Å². The Kier molecular flexibility index (Phi) is 10.9. The molecule has 3 nitrogen and oxygen atoms in total. The molecule has 0 heterocycles. The lowest BCUT2D eigenvalue weighted by Gasteiger charge is -2.06. The maximum absolute atomic E-state index is 5.52. The van der Waals surface area contributed by atoms with Crippen LogP contribution in [-0.2, 0) is 8.52 Å². The second-order valence-electron chi connectivity index (χ2n) is 2.11. The fraction of sp³-hybridized carbons (Fsp3) is 1.00. The fourth-order valence-electron chi connectivity index (χ4n) is 0.399. The van der Waals surface area contributed by atoms with Gasteiger partial charge in [0.05, 0.1) is 0 Å². The van der Waals surface area contributed by atoms with Gasteiger partial charge in [0.2, 0.25) is 0 Å². The standard InChI is InChI=1S/C2H5.CH3.4Al.3O.4H/c1-2;;;;;;;;;;;;/h1H2,2H3;1H3;;;;;;;;;;;. The van der Waals surface area contributed by atoms with Crippen LogP contribution in [0, 0.1) is 0 Å². The van der Waals surface area contributed by atoms with E-state index in [2.05, 4.69) is 12.7 Å². The highest BCUT2D eigenvalue weighted by Gasteiger charge is 2.10. The summed E-state index contributed by atoms with van der Waals surface area (Å²) in [5.74, 6) is 2.21. The van der Waals surface area contributed by atoms with Gasteiger partial charge in [-0.15, -0.1) is 0 Å². The Labute approximate surface area is 88.7 Å². The van der Waals surface area contributed by atoms with E-state index in [4.69, 9.17) is 8.52 Å². The Bertz CT molecular complexity index is 72.8. The van der Waals surface area contributed by atoms with E-state index in [1.54, 1.807) is 0 Å². The van der Waals surface area contributed by atoms with Gasteiger partial charge in [-0.1, -0.05) is 18.0 Å². The molecule has 10 heavy (non-hydrogen) atoms. The van der Waals surface area contributed by atoms with Crippen molar-refractivity contribution in [3.8, 4) is 0 Å². The van der Waals surface area contributed by atoms with Crippen molar-refractivity contribution in [3.63, 3.8) is 0 Å². The zero-order valence-corrected chi connectivity index (χ0v) is 12.9. The van der Waals surface area contributed by atoms with Crippen LogP contribution in [0.25, 0.3) is 0 Å².